The lowest BCUT2D eigenvalue weighted by Gasteiger charge is -2.43. The summed E-state index contributed by atoms with van der Waals surface area (Å²) in [4.78, 5) is 34.2. The molecule has 2 amide bonds. The summed E-state index contributed by atoms with van der Waals surface area (Å²) in [6.45, 7) is 4.32. The SMILES string of the molecule is O=C(CN1CCCC(c2ccccc2)(c2ccccc2)C1=O)N1C[C@@H]2C[C@@H](C1)N(Cc1ccccc1)C2. The van der Waals surface area contributed by atoms with Crippen molar-refractivity contribution in [2.45, 2.75) is 37.3 Å². The Morgan fingerprint density at radius 1 is 0.811 bits per heavy atom. The van der Waals surface area contributed by atoms with E-state index < -0.39 is 5.41 Å². The molecule has 3 heterocycles. The molecule has 5 nitrogen and oxygen atoms in total. The van der Waals surface area contributed by atoms with Crippen molar-refractivity contribution in [3.63, 3.8) is 0 Å². The highest BCUT2D eigenvalue weighted by atomic mass is 16.2. The van der Waals surface area contributed by atoms with Gasteiger partial charge >= 0.3 is 0 Å². The first-order chi connectivity index (χ1) is 18.1. The number of fused-ring (bicyclic) bond motifs is 2. The molecule has 190 valence electrons. The third-order valence-corrected chi connectivity index (χ3v) is 8.60. The normalized spacial score (nSPS) is 23.3. The molecule has 0 unspecified atom stereocenters. The molecule has 2 bridgehead atoms. The first kappa shape index (κ1) is 23.9. The summed E-state index contributed by atoms with van der Waals surface area (Å²) in [6.07, 6.45) is 2.79. The molecule has 3 saturated heterocycles. The van der Waals surface area contributed by atoms with Crippen LogP contribution >= 0.6 is 0 Å². The summed E-state index contributed by atoms with van der Waals surface area (Å²) in [5.74, 6) is 0.646. The van der Waals surface area contributed by atoms with Crippen LogP contribution < -0.4 is 0 Å². The van der Waals surface area contributed by atoms with E-state index in [-0.39, 0.29) is 18.4 Å². The quantitative estimate of drug-likeness (QED) is 0.514. The van der Waals surface area contributed by atoms with Crippen LogP contribution in [0.2, 0.25) is 0 Å². The molecule has 0 N–H and O–H groups in total. The molecule has 3 aliphatic rings. The van der Waals surface area contributed by atoms with Crippen molar-refractivity contribution in [1.29, 1.82) is 0 Å². The van der Waals surface area contributed by atoms with Crippen LogP contribution in [0.25, 0.3) is 0 Å². The maximum Gasteiger partial charge on any atom is 0.242 e. The van der Waals surface area contributed by atoms with Gasteiger partial charge in [-0.25, -0.2) is 0 Å². The van der Waals surface area contributed by atoms with E-state index in [0.29, 0.717) is 18.5 Å². The van der Waals surface area contributed by atoms with Crippen molar-refractivity contribution in [3.8, 4) is 0 Å². The minimum atomic E-state index is -0.742. The third-order valence-electron chi connectivity index (χ3n) is 8.60. The average Bonchev–Trinajstić information content (AvgIpc) is 3.23. The number of hydrogen-bond acceptors (Lipinski definition) is 3. The molecule has 3 aromatic rings. The first-order valence-electron chi connectivity index (χ1n) is 13.6. The molecule has 37 heavy (non-hydrogen) atoms. The maximum atomic E-state index is 14.2. The van der Waals surface area contributed by atoms with E-state index in [9.17, 15) is 9.59 Å². The van der Waals surface area contributed by atoms with E-state index in [4.69, 9.17) is 0 Å². The number of amides is 2. The summed E-state index contributed by atoms with van der Waals surface area (Å²) >= 11 is 0. The Labute approximate surface area is 219 Å². The van der Waals surface area contributed by atoms with Crippen molar-refractivity contribution in [3.05, 3.63) is 108 Å². The smallest absolute Gasteiger partial charge is 0.242 e. The van der Waals surface area contributed by atoms with E-state index in [2.05, 4.69) is 59.5 Å². The molecule has 0 aliphatic carbocycles. The molecular formula is C32H35N3O2. The van der Waals surface area contributed by atoms with Crippen molar-refractivity contribution in [2.24, 2.45) is 5.92 Å². The van der Waals surface area contributed by atoms with Crippen LogP contribution in [0, 0.1) is 5.92 Å². The van der Waals surface area contributed by atoms with E-state index in [1.54, 1.807) is 0 Å². The second kappa shape index (κ2) is 10.1. The number of rotatable bonds is 6. The van der Waals surface area contributed by atoms with Gasteiger partial charge in [-0.15, -0.1) is 0 Å². The molecule has 6 rings (SSSR count). The number of hydrogen-bond donors (Lipinski definition) is 0. The second-order valence-corrected chi connectivity index (χ2v) is 10.9. The minimum Gasteiger partial charge on any atom is -0.339 e. The zero-order valence-corrected chi connectivity index (χ0v) is 21.3. The van der Waals surface area contributed by atoms with Crippen LogP contribution in [-0.4, -0.2) is 65.3 Å². The summed E-state index contributed by atoms with van der Waals surface area (Å²) in [5.41, 5.74) is 2.60. The Morgan fingerprint density at radius 3 is 2.08 bits per heavy atom. The Bertz CT molecular complexity index is 1190. The Morgan fingerprint density at radius 2 is 1.43 bits per heavy atom. The molecule has 0 saturated carbocycles. The van der Waals surface area contributed by atoms with Crippen molar-refractivity contribution >= 4 is 11.8 Å². The first-order valence-corrected chi connectivity index (χ1v) is 13.6. The van der Waals surface area contributed by atoms with Crippen LogP contribution in [0.1, 0.15) is 36.0 Å². The summed E-state index contributed by atoms with van der Waals surface area (Å²) in [7, 11) is 0. The fourth-order valence-electron chi connectivity index (χ4n) is 6.84. The fourth-order valence-corrected chi connectivity index (χ4v) is 6.84. The molecule has 3 fully saturated rings. The van der Waals surface area contributed by atoms with Gasteiger partial charge < -0.3 is 9.80 Å². The average molecular weight is 494 g/mol. The summed E-state index contributed by atoms with van der Waals surface area (Å²) in [5, 5.41) is 0. The summed E-state index contributed by atoms with van der Waals surface area (Å²) in [6, 6.07) is 31.2. The van der Waals surface area contributed by atoms with E-state index in [0.717, 1.165) is 56.6 Å². The third kappa shape index (κ3) is 4.57. The van der Waals surface area contributed by atoms with Gasteiger partial charge in [-0.3, -0.25) is 14.5 Å². The van der Waals surface area contributed by atoms with Crippen LogP contribution in [0.5, 0.6) is 0 Å². The Kier molecular flexibility index (Phi) is 6.56. The highest BCUT2D eigenvalue weighted by Gasteiger charge is 2.47. The second-order valence-electron chi connectivity index (χ2n) is 10.9. The van der Waals surface area contributed by atoms with Gasteiger partial charge in [-0.1, -0.05) is 91.0 Å². The topological polar surface area (TPSA) is 43.9 Å². The Balaban J connectivity index is 1.18. The lowest BCUT2D eigenvalue weighted by Crippen LogP contribution is -2.56. The molecular weight excluding hydrogens is 458 g/mol. The van der Waals surface area contributed by atoms with Gasteiger partial charge in [0.25, 0.3) is 0 Å². The zero-order chi connectivity index (χ0) is 25.2. The zero-order valence-electron chi connectivity index (χ0n) is 21.3. The number of likely N-dealkylation sites (tertiary alicyclic amines) is 3. The highest BCUT2D eigenvalue weighted by molar-refractivity contribution is 5.95. The number of benzene rings is 3. The summed E-state index contributed by atoms with van der Waals surface area (Å²) < 4.78 is 0. The number of nitrogens with zero attached hydrogens (tertiary/aromatic N) is 3. The maximum absolute atomic E-state index is 14.2. The predicted octanol–water partition coefficient (Wildman–Crippen LogP) is 4.33. The molecule has 2 atom stereocenters. The van der Waals surface area contributed by atoms with Gasteiger partial charge in [0, 0.05) is 38.8 Å². The fraction of sp³-hybridized carbons (Fsp3) is 0.375. The number of piperidine rings is 2. The highest BCUT2D eigenvalue weighted by Crippen LogP contribution is 2.41. The minimum absolute atomic E-state index is 0.0511. The van der Waals surface area contributed by atoms with Gasteiger partial charge in [0.15, 0.2) is 0 Å². The molecule has 0 aromatic heterocycles. The predicted molar refractivity (Wildman–Crippen MR) is 145 cm³/mol. The monoisotopic (exact) mass is 493 g/mol. The van der Waals surface area contributed by atoms with Crippen molar-refractivity contribution in [1.82, 2.24) is 14.7 Å². The largest absolute Gasteiger partial charge is 0.339 e. The molecule has 5 heteroatoms. The van der Waals surface area contributed by atoms with E-state index in [1.807, 2.05) is 46.2 Å². The van der Waals surface area contributed by atoms with Crippen molar-refractivity contribution in [2.75, 3.05) is 32.7 Å². The van der Waals surface area contributed by atoms with Crippen molar-refractivity contribution < 1.29 is 9.59 Å². The van der Waals surface area contributed by atoms with Crippen LogP contribution in [0.3, 0.4) is 0 Å². The van der Waals surface area contributed by atoms with Crippen LogP contribution in [-0.2, 0) is 21.5 Å². The molecule has 0 radical (unpaired) electrons. The molecule has 0 spiro atoms. The lowest BCUT2D eigenvalue weighted by molar-refractivity contribution is -0.146. The standard InChI is InChI=1S/C32H35N3O2/c36-30(35-22-26-19-29(23-35)34(21-26)20-25-11-4-1-5-12-25)24-33-18-10-17-32(31(33)37,27-13-6-2-7-14-27)28-15-8-3-9-16-28/h1-9,11-16,26,29H,10,17-24H2/t26-,29+/m1/s1. The molecule has 3 aromatic carbocycles. The van der Waals surface area contributed by atoms with Gasteiger partial charge in [0.1, 0.15) is 0 Å². The van der Waals surface area contributed by atoms with E-state index in [1.165, 1.54) is 5.56 Å². The van der Waals surface area contributed by atoms with Gasteiger partial charge in [-0.2, -0.15) is 0 Å². The van der Waals surface area contributed by atoms with Gasteiger partial charge in [0.2, 0.25) is 11.8 Å². The number of carbonyl (C=O) groups excluding carboxylic acids is 2. The van der Waals surface area contributed by atoms with E-state index >= 15 is 0 Å². The van der Waals surface area contributed by atoms with Gasteiger partial charge in [0.05, 0.1) is 12.0 Å². The molecule has 3 aliphatic heterocycles. The lowest BCUT2D eigenvalue weighted by atomic mass is 9.68. The van der Waals surface area contributed by atoms with Crippen LogP contribution in [0.15, 0.2) is 91.0 Å². The van der Waals surface area contributed by atoms with Crippen LogP contribution in [0.4, 0.5) is 0 Å². The Hall–Kier alpha value is -3.44. The van der Waals surface area contributed by atoms with Gasteiger partial charge in [-0.05, 0) is 41.9 Å². The number of carbonyl (C=O) groups is 2.